The van der Waals surface area contributed by atoms with Gasteiger partial charge in [0, 0.05) is 7.05 Å². The fourth-order valence-electron chi connectivity index (χ4n) is 1.87. The lowest BCUT2D eigenvalue weighted by Gasteiger charge is -2.24. The Labute approximate surface area is 117 Å². The zero-order valence-electron chi connectivity index (χ0n) is 9.91. The van der Waals surface area contributed by atoms with Crippen LogP contribution in [0.4, 0.5) is 0 Å². The van der Waals surface area contributed by atoms with E-state index in [2.05, 4.69) is 0 Å². The summed E-state index contributed by atoms with van der Waals surface area (Å²) in [5.41, 5.74) is 5.40. The largest absolute Gasteiger partial charge is 0.504 e. The van der Waals surface area contributed by atoms with Crippen LogP contribution in [0.1, 0.15) is 4.88 Å². The van der Waals surface area contributed by atoms with Gasteiger partial charge >= 0.3 is 0 Å². The van der Waals surface area contributed by atoms with Crippen LogP contribution in [0.25, 0.3) is 16.4 Å². The Morgan fingerprint density at radius 1 is 1.53 bits per heavy atom. The smallest absolute Gasteiger partial charge is 0.269 e. The van der Waals surface area contributed by atoms with Gasteiger partial charge in [0.25, 0.3) is 5.91 Å². The molecule has 0 saturated carbocycles. The summed E-state index contributed by atoms with van der Waals surface area (Å²) >= 11 is 2.72. The minimum absolute atomic E-state index is 0.0773. The minimum Gasteiger partial charge on any atom is -0.504 e. The Hall–Kier alpha value is -1.86. The maximum Gasteiger partial charge on any atom is 0.269 e. The molecule has 0 fully saturated rings. The highest BCUT2D eigenvalue weighted by Gasteiger charge is 2.29. The third kappa shape index (κ3) is 1.91. The van der Waals surface area contributed by atoms with Crippen molar-refractivity contribution in [2.75, 3.05) is 7.05 Å². The lowest BCUT2D eigenvalue weighted by atomic mass is 10.3. The summed E-state index contributed by atoms with van der Waals surface area (Å²) in [6.07, 6.45) is 1.60. The fraction of sp³-hybridized carbons (Fsp3) is 0.0833. The number of aliphatic hydroxyl groups is 1. The molecule has 1 aliphatic heterocycles. The molecular weight excluding hydrogens is 284 g/mol. The van der Waals surface area contributed by atoms with Crippen LogP contribution in [0.15, 0.2) is 39.5 Å². The van der Waals surface area contributed by atoms with E-state index in [-0.39, 0.29) is 11.5 Å². The molecule has 2 aromatic rings. The molecule has 0 unspecified atom stereocenters. The molecule has 3 heterocycles. The Balaban J connectivity index is 2.13. The minimum atomic E-state index is -0.647. The van der Waals surface area contributed by atoms with Gasteiger partial charge in [-0.1, -0.05) is 0 Å². The molecule has 7 heteroatoms. The Morgan fingerprint density at radius 2 is 2.32 bits per heavy atom. The summed E-state index contributed by atoms with van der Waals surface area (Å²) in [6.45, 7) is 0. The van der Waals surface area contributed by atoms with Crippen LogP contribution in [-0.4, -0.2) is 22.4 Å². The lowest BCUT2D eigenvalue weighted by Crippen LogP contribution is -2.27. The number of hydrogen-bond acceptors (Lipinski definition) is 6. The number of nitrogens with two attached hydrogens (primary N) is 1. The molecule has 98 valence electrons. The summed E-state index contributed by atoms with van der Waals surface area (Å²) in [6, 6.07) is 5.58. The first-order chi connectivity index (χ1) is 9.08. The van der Waals surface area contributed by atoms with Gasteiger partial charge in [-0.05, 0) is 30.1 Å². The average Bonchev–Trinajstić information content (AvgIpc) is 2.94. The molecule has 1 aliphatic rings. The van der Waals surface area contributed by atoms with Gasteiger partial charge in [0.05, 0.1) is 20.9 Å². The van der Waals surface area contributed by atoms with Gasteiger partial charge in [-0.25, -0.2) is 0 Å². The molecule has 3 rings (SSSR count). The van der Waals surface area contributed by atoms with E-state index in [9.17, 15) is 9.90 Å². The van der Waals surface area contributed by atoms with Gasteiger partial charge in [-0.15, -0.1) is 11.3 Å². The van der Waals surface area contributed by atoms with Gasteiger partial charge in [0.15, 0.2) is 11.5 Å². The van der Waals surface area contributed by atoms with Crippen LogP contribution in [0.3, 0.4) is 0 Å². The number of amides is 1. The zero-order chi connectivity index (χ0) is 13.6. The third-order valence-corrected chi connectivity index (χ3v) is 4.95. The highest BCUT2D eigenvalue weighted by molar-refractivity contribution is 7.97. The fourth-order valence-corrected chi connectivity index (χ4v) is 4.06. The van der Waals surface area contributed by atoms with Gasteiger partial charge in [-0.3, -0.25) is 4.79 Å². The summed E-state index contributed by atoms with van der Waals surface area (Å²) in [4.78, 5) is 13.8. The van der Waals surface area contributed by atoms with Crippen molar-refractivity contribution >= 4 is 35.0 Å². The second-order valence-corrected chi connectivity index (χ2v) is 6.15. The van der Waals surface area contributed by atoms with Crippen LogP contribution < -0.4 is 5.73 Å². The zero-order valence-corrected chi connectivity index (χ0v) is 11.5. The van der Waals surface area contributed by atoms with Gasteiger partial charge in [0.1, 0.15) is 5.76 Å². The van der Waals surface area contributed by atoms with E-state index in [0.717, 1.165) is 15.5 Å². The maximum absolute atomic E-state index is 11.4. The first-order valence-electron chi connectivity index (χ1n) is 5.40. The quantitative estimate of drug-likeness (QED) is 0.832. The summed E-state index contributed by atoms with van der Waals surface area (Å²) < 4.78 is 6.90. The van der Waals surface area contributed by atoms with E-state index in [1.807, 2.05) is 12.1 Å². The number of primary amides is 1. The van der Waals surface area contributed by atoms with Gasteiger partial charge in [-0.2, -0.15) is 0 Å². The first-order valence-corrected chi connectivity index (χ1v) is 6.99. The summed E-state index contributed by atoms with van der Waals surface area (Å²) in [5, 5.41) is 10.2. The molecule has 3 N–H and O–H groups in total. The predicted octanol–water partition coefficient (Wildman–Crippen LogP) is 2.67. The maximum atomic E-state index is 11.4. The SMILES string of the molecule is CN1Sc2cc(-c3ccco3)sc2C(O)=C1C(N)=O. The Bertz CT molecular complexity index is 673. The molecule has 0 aliphatic carbocycles. The van der Waals surface area contributed by atoms with Gasteiger partial charge < -0.3 is 19.6 Å². The highest BCUT2D eigenvalue weighted by atomic mass is 32.2. The normalized spacial score (nSPS) is 14.7. The molecule has 0 aromatic carbocycles. The van der Waals surface area contributed by atoms with E-state index in [0.29, 0.717) is 4.88 Å². The van der Waals surface area contributed by atoms with Crippen molar-refractivity contribution in [3.05, 3.63) is 35.0 Å². The average molecular weight is 294 g/mol. The van der Waals surface area contributed by atoms with Crippen LogP contribution in [-0.2, 0) is 4.79 Å². The molecular formula is C12H10N2O3S2. The molecule has 2 aromatic heterocycles. The highest BCUT2D eigenvalue weighted by Crippen LogP contribution is 2.45. The summed E-state index contributed by atoms with van der Waals surface area (Å²) in [5.74, 6) is 0.00809. The topological polar surface area (TPSA) is 79.7 Å². The van der Waals surface area contributed by atoms with Crippen LogP contribution in [0.2, 0.25) is 0 Å². The van der Waals surface area contributed by atoms with E-state index < -0.39 is 5.91 Å². The van der Waals surface area contributed by atoms with Crippen molar-refractivity contribution in [3.63, 3.8) is 0 Å². The predicted molar refractivity (Wildman–Crippen MR) is 74.4 cm³/mol. The second kappa shape index (κ2) is 4.36. The van der Waals surface area contributed by atoms with E-state index in [1.54, 1.807) is 23.7 Å². The number of fused-ring (bicyclic) bond motifs is 1. The van der Waals surface area contributed by atoms with Gasteiger partial charge in [0.2, 0.25) is 0 Å². The van der Waals surface area contributed by atoms with Crippen molar-refractivity contribution in [2.24, 2.45) is 5.73 Å². The van der Waals surface area contributed by atoms with Crippen molar-refractivity contribution < 1.29 is 14.3 Å². The van der Waals surface area contributed by atoms with Crippen LogP contribution in [0, 0.1) is 0 Å². The number of nitrogens with zero attached hydrogens (tertiary/aromatic N) is 1. The van der Waals surface area contributed by atoms with Crippen molar-refractivity contribution in [3.8, 4) is 10.6 Å². The number of carbonyl (C=O) groups excluding carboxylic acids is 1. The number of furan rings is 1. The first kappa shape index (κ1) is 12.2. The molecule has 19 heavy (non-hydrogen) atoms. The molecule has 0 radical (unpaired) electrons. The number of thiophene rings is 1. The number of aliphatic hydroxyl groups excluding tert-OH is 1. The molecule has 0 bridgehead atoms. The number of carbonyl (C=O) groups is 1. The Kier molecular flexibility index (Phi) is 2.79. The van der Waals surface area contributed by atoms with E-state index in [4.69, 9.17) is 10.2 Å². The van der Waals surface area contributed by atoms with E-state index in [1.165, 1.54) is 23.3 Å². The number of hydrogen-bond donors (Lipinski definition) is 2. The molecule has 5 nitrogen and oxygen atoms in total. The summed E-state index contributed by atoms with van der Waals surface area (Å²) in [7, 11) is 1.69. The van der Waals surface area contributed by atoms with Crippen molar-refractivity contribution in [1.29, 1.82) is 0 Å². The second-order valence-electron chi connectivity index (χ2n) is 3.93. The number of rotatable bonds is 2. The molecule has 0 spiro atoms. The lowest BCUT2D eigenvalue weighted by molar-refractivity contribution is -0.115. The Morgan fingerprint density at radius 3 is 2.95 bits per heavy atom. The van der Waals surface area contributed by atoms with Crippen LogP contribution >= 0.6 is 23.3 Å². The molecule has 1 amide bonds. The van der Waals surface area contributed by atoms with E-state index >= 15 is 0 Å². The van der Waals surface area contributed by atoms with Crippen molar-refractivity contribution in [2.45, 2.75) is 4.90 Å². The standard InChI is InChI=1S/C12H10N2O3S2/c1-14-9(12(13)16)10(15)11-8(19-14)5-7(18-11)6-3-2-4-17-6/h2-5,15H,1H3,(H2,13,16). The monoisotopic (exact) mass is 294 g/mol. The van der Waals surface area contributed by atoms with Crippen LogP contribution in [0.5, 0.6) is 0 Å². The molecule has 0 atom stereocenters. The third-order valence-electron chi connectivity index (χ3n) is 2.68. The number of likely N-dealkylation sites (N-methyl/N-ethyl adjacent to an activating group) is 1. The molecule has 0 saturated heterocycles. The van der Waals surface area contributed by atoms with Crippen molar-refractivity contribution in [1.82, 2.24) is 4.31 Å².